The average Bonchev–Trinajstić information content (AvgIpc) is 2.67. The Morgan fingerprint density at radius 1 is 1.38 bits per heavy atom. The molecule has 0 saturated heterocycles. The summed E-state index contributed by atoms with van der Waals surface area (Å²) in [6.45, 7) is 11.8. The molecule has 0 bridgehead atoms. The van der Waals surface area contributed by atoms with Crippen molar-refractivity contribution in [2.45, 2.75) is 52.5 Å². The van der Waals surface area contributed by atoms with E-state index in [-0.39, 0.29) is 5.41 Å². The van der Waals surface area contributed by atoms with Crippen LogP contribution in [-0.2, 0) is 12.0 Å². The summed E-state index contributed by atoms with van der Waals surface area (Å²) in [4.78, 5) is 0. The van der Waals surface area contributed by atoms with Gasteiger partial charge >= 0.3 is 0 Å². The number of aromatic nitrogens is 3. The fourth-order valence-corrected chi connectivity index (χ4v) is 1.86. The average molecular weight is 224 g/mol. The van der Waals surface area contributed by atoms with Gasteiger partial charge in [-0.2, -0.15) is 0 Å². The Morgan fingerprint density at radius 3 is 2.75 bits per heavy atom. The number of hydrogen-bond acceptors (Lipinski definition) is 3. The highest BCUT2D eigenvalue weighted by atomic mass is 15.4. The van der Waals surface area contributed by atoms with Crippen LogP contribution in [0.2, 0.25) is 0 Å². The van der Waals surface area contributed by atoms with Gasteiger partial charge in [0.1, 0.15) is 0 Å². The highest BCUT2D eigenvalue weighted by molar-refractivity contribution is 5.10. The van der Waals surface area contributed by atoms with E-state index < -0.39 is 0 Å². The largest absolute Gasteiger partial charge is 0.317 e. The van der Waals surface area contributed by atoms with Crippen LogP contribution in [0.15, 0.2) is 6.20 Å². The first-order valence-corrected chi connectivity index (χ1v) is 6.21. The molecule has 0 fully saturated rings. The summed E-state index contributed by atoms with van der Waals surface area (Å²) in [5.41, 5.74) is 1.38. The lowest BCUT2D eigenvalue weighted by atomic mass is 9.86. The predicted molar refractivity (Wildman–Crippen MR) is 66.5 cm³/mol. The molecule has 0 spiro atoms. The fraction of sp³-hybridized carbons (Fsp3) is 0.833. The topological polar surface area (TPSA) is 42.7 Å². The lowest BCUT2D eigenvalue weighted by molar-refractivity contribution is 0.411. The van der Waals surface area contributed by atoms with E-state index in [0.717, 1.165) is 32.5 Å². The molecule has 0 aromatic carbocycles. The first-order chi connectivity index (χ1) is 7.61. The van der Waals surface area contributed by atoms with Gasteiger partial charge in [-0.3, -0.25) is 0 Å². The minimum atomic E-state index is 0.140. The molecular formula is C12H24N4. The van der Waals surface area contributed by atoms with Gasteiger partial charge in [0.25, 0.3) is 0 Å². The summed E-state index contributed by atoms with van der Waals surface area (Å²) in [7, 11) is 0. The van der Waals surface area contributed by atoms with Crippen LogP contribution in [-0.4, -0.2) is 28.1 Å². The highest BCUT2D eigenvalue weighted by Crippen LogP contribution is 2.25. The third-order valence-electron chi connectivity index (χ3n) is 2.92. The first-order valence-electron chi connectivity index (χ1n) is 6.21. The van der Waals surface area contributed by atoms with Crippen LogP contribution >= 0.6 is 0 Å². The maximum atomic E-state index is 4.15. The van der Waals surface area contributed by atoms with Crippen LogP contribution < -0.4 is 5.32 Å². The van der Waals surface area contributed by atoms with Gasteiger partial charge in [-0.25, -0.2) is 4.68 Å². The molecule has 0 unspecified atom stereocenters. The van der Waals surface area contributed by atoms with Gasteiger partial charge < -0.3 is 5.32 Å². The first kappa shape index (κ1) is 13.2. The Labute approximate surface area is 98.4 Å². The number of nitrogens with zero attached hydrogens (tertiary/aromatic N) is 3. The molecule has 1 rings (SSSR count). The van der Waals surface area contributed by atoms with Gasteiger partial charge in [-0.15, -0.1) is 5.10 Å². The van der Waals surface area contributed by atoms with Gasteiger partial charge in [0.2, 0.25) is 0 Å². The van der Waals surface area contributed by atoms with Crippen molar-refractivity contribution in [3.63, 3.8) is 0 Å². The third-order valence-corrected chi connectivity index (χ3v) is 2.92. The Balaban J connectivity index is 2.68. The summed E-state index contributed by atoms with van der Waals surface area (Å²) in [5.74, 6) is 0. The molecule has 0 aliphatic rings. The molecule has 1 aromatic heterocycles. The van der Waals surface area contributed by atoms with Crippen LogP contribution in [0, 0.1) is 0 Å². The lowest BCUT2D eigenvalue weighted by Crippen LogP contribution is -2.28. The van der Waals surface area contributed by atoms with E-state index in [2.05, 4.69) is 43.3 Å². The maximum Gasteiger partial charge on any atom is 0.0730 e. The molecule has 0 radical (unpaired) electrons. The molecule has 0 aliphatic heterocycles. The second-order valence-corrected chi connectivity index (χ2v) is 4.83. The zero-order valence-corrected chi connectivity index (χ0v) is 11.0. The van der Waals surface area contributed by atoms with Crippen molar-refractivity contribution in [3.05, 3.63) is 11.9 Å². The lowest BCUT2D eigenvalue weighted by Gasteiger charge is -2.25. The second kappa shape index (κ2) is 5.99. The van der Waals surface area contributed by atoms with Gasteiger partial charge in [-0.05, 0) is 25.9 Å². The molecule has 92 valence electrons. The van der Waals surface area contributed by atoms with Crippen molar-refractivity contribution in [1.82, 2.24) is 20.3 Å². The van der Waals surface area contributed by atoms with Gasteiger partial charge in [0.05, 0.1) is 11.9 Å². The summed E-state index contributed by atoms with van der Waals surface area (Å²) in [5, 5.41) is 11.5. The van der Waals surface area contributed by atoms with Crippen molar-refractivity contribution >= 4 is 0 Å². The normalized spacial score (nSPS) is 12.0. The molecule has 1 aromatic rings. The van der Waals surface area contributed by atoms with Crippen LogP contribution in [0.25, 0.3) is 0 Å². The summed E-state index contributed by atoms with van der Waals surface area (Å²) >= 11 is 0. The number of rotatable bonds is 7. The van der Waals surface area contributed by atoms with Gasteiger partial charge in [0.15, 0.2) is 0 Å². The van der Waals surface area contributed by atoms with Crippen molar-refractivity contribution < 1.29 is 0 Å². The molecule has 1 N–H and O–H groups in total. The number of hydrogen-bond donors (Lipinski definition) is 1. The minimum absolute atomic E-state index is 0.140. The Kier molecular flexibility index (Phi) is 4.93. The number of nitrogens with one attached hydrogen (secondary N) is 1. The van der Waals surface area contributed by atoms with Crippen LogP contribution in [0.1, 0.15) is 46.2 Å². The van der Waals surface area contributed by atoms with Crippen LogP contribution in [0.3, 0.4) is 0 Å². The smallest absolute Gasteiger partial charge is 0.0730 e. The zero-order chi connectivity index (χ0) is 12.0. The monoisotopic (exact) mass is 224 g/mol. The molecule has 0 saturated carbocycles. The Hall–Kier alpha value is -0.900. The van der Waals surface area contributed by atoms with Crippen molar-refractivity contribution in [2.24, 2.45) is 0 Å². The van der Waals surface area contributed by atoms with E-state index in [1.165, 1.54) is 5.69 Å². The molecular weight excluding hydrogens is 200 g/mol. The van der Waals surface area contributed by atoms with Crippen molar-refractivity contribution in [1.29, 1.82) is 0 Å². The quantitative estimate of drug-likeness (QED) is 0.720. The van der Waals surface area contributed by atoms with Gasteiger partial charge in [-0.1, -0.05) is 32.9 Å². The molecule has 0 atom stereocenters. The van der Waals surface area contributed by atoms with Crippen LogP contribution in [0.5, 0.6) is 0 Å². The summed E-state index contributed by atoms with van der Waals surface area (Å²) in [6, 6.07) is 0. The van der Waals surface area contributed by atoms with E-state index in [9.17, 15) is 0 Å². The van der Waals surface area contributed by atoms with Crippen LogP contribution in [0.4, 0.5) is 0 Å². The van der Waals surface area contributed by atoms with E-state index >= 15 is 0 Å². The molecule has 0 amide bonds. The Morgan fingerprint density at radius 2 is 2.12 bits per heavy atom. The van der Waals surface area contributed by atoms with Gasteiger partial charge in [0, 0.05) is 12.0 Å². The van der Waals surface area contributed by atoms with Crippen molar-refractivity contribution in [2.75, 3.05) is 13.1 Å². The Bertz CT molecular complexity index is 304. The molecule has 16 heavy (non-hydrogen) atoms. The van der Waals surface area contributed by atoms with Crippen molar-refractivity contribution in [3.8, 4) is 0 Å². The van der Waals surface area contributed by atoms with E-state index in [1.807, 2.05) is 10.9 Å². The molecule has 4 heteroatoms. The predicted octanol–water partition coefficient (Wildman–Crippen LogP) is 1.97. The minimum Gasteiger partial charge on any atom is -0.317 e. The summed E-state index contributed by atoms with van der Waals surface area (Å²) in [6.07, 6.45) is 4.11. The second-order valence-electron chi connectivity index (χ2n) is 4.83. The molecule has 0 aliphatic carbocycles. The van der Waals surface area contributed by atoms with E-state index in [1.54, 1.807) is 0 Å². The highest BCUT2D eigenvalue weighted by Gasteiger charge is 2.24. The number of aryl methyl sites for hydroxylation is 1. The SMILES string of the molecule is CCCn1nncc1C(C)(C)CCNCC. The summed E-state index contributed by atoms with van der Waals surface area (Å²) < 4.78 is 2.03. The maximum absolute atomic E-state index is 4.15. The van der Waals surface area contributed by atoms with E-state index in [4.69, 9.17) is 0 Å². The van der Waals surface area contributed by atoms with E-state index in [0.29, 0.717) is 0 Å². The zero-order valence-electron chi connectivity index (χ0n) is 11.0. The standard InChI is InChI=1S/C12H24N4/c1-5-9-16-11(10-14-15-16)12(3,4)7-8-13-6-2/h10,13H,5-9H2,1-4H3. The third kappa shape index (κ3) is 3.30. The fourth-order valence-electron chi connectivity index (χ4n) is 1.86. The molecule has 1 heterocycles. The molecule has 4 nitrogen and oxygen atoms in total.